The molecule has 3 heterocycles. The van der Waals surface area contributed by atoms with Crippen LogP contribution in [0.4, 0.5) is 0 Å². The van der Waals surface area contributed by atoms with Crippen LogP contribution in [0.3, 0.4) is 0 Å². The summed E-state index contributed by atoms with van der Waals surface area (Å²) in [6, 6.07) is 12.0. The highest BCUT2D eigenvalue weighted by atomic mass is 79.9. The fourth-order valence-electron chi connectivity index (χ4n) is 3.25. The summed E-state index contributed by atoms with van der Waals surface area (Å²) in [5, 5.41) is 2.65. The van der Waals surface area contributed by atoms with Crippen molar-refractivity contribution in [2.75, 3.05) is 33.3 Å². The molecule has 1 fully saturated rings. The number of benzene rings is 1. The number of halogens is 1. The number of thiazole rings is 1. The predicted octanol–water partition coefficient (Wildman–Crippen LogP) is 4.60. The number of piperazine rings is 1. The number of hydrogen-bond acceptors (Lipinski definition) is 6. The molecule has 1 aromatic carbocycles. The third-order valence-electron chi connectivity index (χ3n) is 4.73. The molecule has 2 aromatic heterocycles. The smallest absolute Gasteiger partial charge is 0.273 e. The molecule has 146 valence electrons. The maximum Gasteiger partial charge on any atom is 0.273 e. The Kier molecular flexibility index (Phi) is 6.10. The van der Waals surface area contributed by atoms with Crippen molar-refractivity contribution in [3.05, 3.63) is 56.1 Å². The van der Waals surface area contributed by atoms with Gasteiger partial charge in [0.15, 0.2) is 0 Å². The number of rotatable bonds is 5. The number of thiophene rings is 1. The molecule has 0 saturated carbocycles. The summed E-state index contributed by atoms with van der Waals surface area (Å²) in [6.07, 6.45) is 0. The Bertz CT molecular complexity index is 964. The van der Waals surface area contributed by atoms with E-state index in [0.717, 1.165) is 52.8 Å². The molecule has 3 aromatic rings. The first-order chi connectivity index (χ1) is 13.6. The van der Waals surface area contributed by atoms with Gasteiger partial charge in [0.2, 0.25) is 0 Å². The molecule has 0 radical (unpaired) electrons. The van der Waals surface area contributed by atoms with Crippen LogP contribution in [0.15, 0.2) is 45.6 Å². The molecule has 1 amide bonds. The van der Waals surface area contributed by atoms with Crippen molar-refractivity contribution in [3.8, 4) is 16.3 Å². The number of nitrogens with zero attached hydrogens (tertiary/aromatic N) is 3. The normalized spacial score (nSPS) is 15.0. The first-order valence-corrected chi connectivity index (χ1v) is 11.5. The van der Waals surface area contributed by atoms with Crippen molar-refractivity contribution >= 4 is 44.5 Å². The van der Waals surface area contributed by atoms with E-state index in [4.69, 9.17) is 4.74 Å². The topological polar surface area (TPSA) is 45.7 Å². The molecule has 5 nitrogen and oxygen atoms in total. The third-order valence-corrected chi connectivity index (χ3v) is 7.21. The third kappa shape index (κ3) is 4.30. The lowest BCUT2D eigenvalue weighted by atomic mass is 10.2. The minimum atomic E-state index is 0.0101. The Morgan fingerprint density at radius 1 is 1.18 bits per heavy atom. The van der Waals surface area contributed by atoms with Gasteiger partial charge in [-0.1, -0.05) is 12.1 Å². The molecule has 0 unspecified atom stereocenters. The summed E-state index contributed by atoms with van der Waals surface area (Å²) in [7, 11) is 1.65. The Labute approximate surface area is 180 Å². The SMILES string of the molecule is COc1ccccc1-c1nc(C(=O)N2CCN(Cc3ccc(Br)s3)CC2)cs1. The molecule has 0 spiro atoms. The monoisotopic (exact) mass is 477 g/mol. The van der Waals surface area contributed by atoms with E-state index in [-0.39, 0.29) is 5.91 Å². The lowest BCUT2D eigenvalue weighted by Crippen LogP contribution is -2.48. The average molecular weight is 478 g/mol. The van der Waals surface area contributed by atoms with Gasteiger partial charge >= 0.3 is 0 Å². The Morgan fingerprint density at radius 3 is 2.68 bits per heavy atom. The highest BCUT2D eigenvalue weighted by Crippen LogP contribution is 2.32. The van der Waals surface area contributed by atoms with E-state index in [1.807, 2.05) is 34.5 Å². The van der Waals surface area contributed by atoms with Gasteiger partial charge in [0, 0.05) is 43.0 Å². The molecule has 1 aliphatic heterocycles. The number of methoxy groups -OCH3 is 1. The number of para-hydroxylation sites is 1. The van der Waals surface area contributed by atoms with Crippen LogP contribution in [0.25, 0.3) is 10.6 Å². The van der Waals surface area contributed by atoms with Crippen LogP contribution < -0.4 is 4.74 Å². The maximum atomic E-state index is 12.9. The summed E-state index contributed by atoms with van der Waals surface area (Å²) < 4.78 is 6.57. The summed E-state index contributed by atoms with van der Waals surface area (Å²) in [6.45, 7) is 4.16. The number of carbonyl (C=O) groups is 1. The maximum absolute atomic E-state index is 12.9. The number of ether oxygens (including phenoxy) is 1. The molecule has 1 saturated heterocycles. The predicted molar refractivity (Wildman–Crippen MR) is 117 cm³/mol. The van der Waals surface area contributed by atoms with Crippen molar-refractivity contribution in [3.63, 3.8) is 0 Å². The van der Waals surface area contributed by atoms with Crippen molar-refractivity contribution in [1.29, 1.82) is 0 Å². The van der Waals surface area contributed by atoms with Gasteiger partial charge in [0.25, 0.3) is 5.91 Å². The standard InChI is InChI=1S/C20H20BrN3O2S2/c1-26-17-5-3-2-4-15(17)19-22-16(13-27-19)20(25)24-10-8-23(9-11-24)12-14-6-7-18(21)28-14/h2-7,13H,8-12H2,1H3. The van der Waals surface area contributed by atoms with Gasteiger partial charge in [-0.05, 0) is 40.2 Å². The van der Waals surface area contributed by atoms with Crippen LogP contribution in [0.5, 0.6) is 5.75 Å². The van der Waals surface area contributed by atoms with E-state index in [9.17, 15) is 4.79 Å². The zero-order chi connectivity index (χ0) is 19.5. The quantitative estimate of drug-likeness (QED) is 0.538. The van der Waals surface area contributed by atoms with Crippen LogP contribution in [-0.2, 0) is 6.54 Å². The minimum absolute atomic E-state index is 0.0101. The zero-order valence-electron chi connectivity index (χ0n) is 15.4. The summed E-state index contributed by atoms with van der Waals surface area (Å²) in [5.41, 5.74) is 1.43. The van der Waals surface area contributed by atoms with E-state index in [1.165, 1.54) is 16.2 Å². The molecule has 0 N–H and O–H groups in total. The van der Waals surface area contributed by atoms with Crippen molar-refractivity contribution in [2.24, 2.45) is 0 Å². The second-order valence-electron chi connectivity index (χ2n) is 6.51. The second-order valence-corrected chi connectivity index (χ2v) is 9.92. The first kappa shape index (κ1) is 19.6. The first-order valence-electron chi connectivity index (χ1n) is 8.99. The number of carbonyl (C=O) groups excluding carboxylic acids is 1. The molecule has 0 bridgehead atoms. The van der Waals surface area contributed by atoms with Gasteiger partial charge < -0.3 is 9.64 Å². The van der Waals surface area contributed by atoms with Crippen molar-refractivity contribution in [2.45, 2.75) is 6.54 Å². The van der Waals surface area contributed by atoms with Gasteiger partial charge in [-0.2, -0.15) is 0 Å². The Hall–Kier alpha value is -1.74. The molecule has 0 aliphatic carbocycles. The van der Waals surface area contributed by atoms with E-state index in [0.29, 0.717) is 5.69 Å². The Balaban J connectivity index is 1.39. The van der Waals surface area contributed by atoms with Gasteiger partial charge in [0.1, 0.15) is 16.5 Å². The number of hydrogen-bond donors (Lipinski definition) is 0. The van der Waals surface area contributed by atoms with Gasteiger partial charge in [-0.15, -0.1) is 22.7 Å². The minimum Gasteiger partial charge on any atom is -0.496 e. The fourth-order valence-corrected chi connectivity index (χ4v) is 5.59. The zero-order valence-corrected chi connectivity index (χ0v) is 18.6. The van der Waals surface area contributed by atoms with E-state index in [2.05, 4.69) is 37.9 Å². The van der Waals surface area contributed by atoms with Crippen LogP contribution >= 0.6 is 38.6 Å². The van der Waals surface area contributed by atoms with Crippen molar-refractivity contribution < 1.29 is 9.53 Å². The van der Waals surface area contributed by atoms with E-state index in [1.54, 1.807) is 18.4 Å². The van der Waals surface area contributed by atoms with Gasteiger partial charge in [0.05, 0.1) is 16.5 Å². The van der Waals surface area contributed by atoms with Crippen LogP contribution in [0, 0.1) is 0 Å². The lowest BCUT2D eigenvalue weighted by Gasteiger charge is -2.34. The second kappa shape index (κ2) is 8.73. The van der Waals surface area contributed by atoms with Crippen LogP contribution in [0.1, 0.15) is 15.4 Å². The molecular weight excluding hydrogens is 458 g/mol. The van der Waals surface area contributed by atoms with E-state index >= 15 is 0 Å². The summed E-state index contributed by atoms with van der Waals surface area (Å²) in [4.78, 5) is 23.1. The molecular formula is C20H20BrN3O2S2. The van der Waals surface area contributed by atoms with Crippen molar-refractivity contribution in [1.82, 2.24) is 14.8 Å². The largest absolute Gasteiger partial charge is 0.496 e. The average Bonchev–Trinajstić information content (AvgIpc) is 3.37. The van der Waals surface area contributed by atoms with Gasteiger partial charge in [-0.3, -0.25) is 9.69 Å². The highest BCUT2D eigenvalue weighted by Gasteiger charge is 2.24. The van der Waals surface area contributed by atoms with Crippen LogP contribution in [-0.4, -0.2) is 54.0 Å². The number of amides is 1. The molecule has 4 rings (SSSR count). The molecule has 8 heteroatoms. The van der Waals surface area contributed by atoms with Crippen LogP contribution in [0.2, 0.25) is 0 Å². The molecule has 1 aliphatic rings. The molecule has 0 atom stereocenters. The summed E-state index contributed by atoms with van der Waals surface area (Å²) >= 11 is 6.75. The summed E-state index contributed by atoms with van der Waals surface area (Å²) in [5.74, 6) is 0.778. The fraction of sp³-hybridized carbons (Fsp3) is 0.300. The Morgan fingerprint density at radius 2 is 1.96 bits per heavy atom. The lowest BCUT2D eigenvalue weighted by molar-refractivity contribution is 0.0625. The van der Waals surface area contributed by atoms with E-state index < -0.39 is 0 Å². The van der Waals surface area contributed by atoms with Gasteiger partial charge in [-0.25, -0.2) is 4.98 Å². The highest BCUT2D eigenvalue weighted by molar-refractivity contribution is 9.11. The number of aromatic nitrogens is 1. The molecule has 28 heavy (non-hydrogen) atoms.